The molecule has 5 nitrogen and oxygen atoms in total. The van der Waals surface area contributed by atoms with Crippen molar-refractivity contribution in [3.05, 3.63) is 12.7 Å². The number of carbonyl (C=O) groups excluding carboxylic acids is 2. The Morgan fingerprint density at radius 2 is 2.00 bits per heavy atom. The maximum Gasteiger partial charge on any atom is 0.443 e. The van der Waals surface area contributed by atoms with Gasteiger partial charge < -0.3 is 9.57 Å². The van der Waals surface area contributed by atoms with Crippen LogP contribution in [0.15, 0.2) is 12.7 Å². The Hall–Kier alpha value is -1.52. The fourth-order valence-electron chi connectivity index (χ4n) is 2.35. The molecule has 0 N–H and O–H groups in total. The van der Waals surface area contributed by atoms with Crippen LogP contribution in [-0.4, -0.2) is 29.3 Å². The molecule has 1 atom stereocenters. The lowest BCUT2D eigenvalue weighted by atomic mass is 9.95. The van der Waals surface area contributed by atoms with E-state index < -0.39 is 12.1 Å². The number of carbonyl (C=O) groups is 2. The fourth-order valence-corrected chi connectivity index (χ4v) is 2.35. The molecule has 5 heteroatoms. The molecule has 1 saturated carbocycles. The van der Waals surface area contributed by atoms with E-state index in [1.54, 1.807) is 6.08 Å². The second-order valence-electron chi connectivity index (χ2n) is 5.26. The Kier molecular flexibility index (Phi) is 7.12. The fraction of sp³-hybridized carbons (Fsp3) is 0.733. The van der Waals surface area contributed by atoms with Gasteiger partial charge in [-0.25, -0.2) is 4.79 Å². The van der Waals surface area contributed by atoms with Crippen LogP contribution in [0.3, 0.4) is 0 Å². The lowest BCUT2D eigenvalue weighted by Crippen LogP contribution is -2.43. The van der Waals surface area contributed by atoms with E-state index >= 15 is 0 Å². The molecule has 0 spiro atoms. The quantitative estimate of drug-likeness (QED) is 0.571. The van der Waals surface area contributed by atoms with Gasteiger partial charge in [-0.15, -0.1) is 11.6 Å². The van der Waals surface area contributed by atoms with Crippen LogP contribution in [0.4, 0.5) is 4.79 Å². The van der Waals surface area contributed by atoms with Gasteiger partial charge in [-0.05, 0) is 32.6 Å². The van der Waals surface area contributed by atoms with Crippen molar-refractivity contribution >= 4 is 12.1 Å². The Labute approximate surface area is 120 Å². The molecule has 0 aromatic rings. The zero-order valence-electron chi connectivity index (χ0n) is 12.5. The molecule has 20 heavy (non-hydrogen) atoms. The Bertz CT molecular complexity index is 337. The van der Waals surface area contributed by atoms with E-state index in [1.165, 1.54) is 6.92 Å². The van der Waals surface area contributed by atoms with Crippen LogP contribution < -0.4 is 0 Å². The van der Waals surface area contributed by atoms with Crippen molar-refractivity contribution in [2.45, 2.75) is 70.9 Å². The highest BCUT2D eigenvalue weighted by Gasteiger charge is 2.30. The maximum absolute atomic E-state index is 12.2. The summed E-state index contributed by atoms with van der Waals surface area (Å²) in [6.07, 6.45) is 7.45. The van der Waals surface area contributed by atoms with Crippen LogP contribution in [0.2, 0.25) is 0 Å². The van der Waals surface area contributed by atoms with Gasteiger partial charge in [-0.1, -0.05) is 25.3 Å². The van der Waals surface area contributed by atoms with Gasteiger partial charge in [0.05, 0.1) is 6.04 Å². The van der Waals surface area contributed by atoms with Crippen molar-refractivity contribution in [2.75, 3.05) is 0 Å². The van der Waals surface area contributed by atoms with Gasteiger partial charge in [0.25, 0.3) is 0 Å². The Balaban J connectivity index is 2.58. The number of hydroxylamine groups is 2. The zero-order chi connectivity index (χ0) is 15.0. The summed E-state index contributed by atoms with van der Waals surface area (Å²) in [5.41, 5.74) is 0. The minimum absolute atomic E-state index is 0.0632. The van der Waals surface area contributed by atoms with Crippen LogP contribution >= 0.6 is 0 Å². The Morgan fingerprint density at radius 3 is 2.55 bits per heavy atom. The largest absolute Gasteiger partial charge is 0.444 e. The van der Waals surface area contributed by atoms with Crippen molar-refractivity contribution in [1.29, 1.82) is 0 Å². The average molecular weight is 283 g/mol. The van der Waals surface area contributed by atoms with Crippen molar-refractivity contribution in [3.63, 3.8) is 0 Å². The molecule has 114 valence electrons. The molecular weight excluding hydrogens is 258 g/mol. The normalized spacial score (nSPS) is 17.1. The van der Waals surface area contributed by atoms with Crippen LogP contribution in [0.5, 0.6) is 0 Å². The number of hydrogen-bond acceptors (Lipinski definition) is 4. The highest BCUT2D eigenvalue weighted by atomic mass is 16.8. The molecule has 0 saturated heterocycles. The third-order valence-corrected chi connectivity index (χ3v) is 3.39. The van der Waals surface area contributed by atoms with Gasteiger partial charge in [0, 0.05) is 6.92 Å². The molecule has 1 rings (SSSR count). The number of rotatable bonds is 5. The first-order valence-corrected chi connectivity index (χ1v) is 7.34. The summed E-state index contributed by atoms with van der Waals surface area (Å²) < 4.78 is 5.33. The predicted molar refractivity (Wildman–Crippen MR) is 75.9 cm³/mol. The number of nitrogens with zero attached hydrogens (tertiary/aromatic N) is 1. The van der Waals surface area contributed by atoms with Crippen LogP contribution in [0, 0.1) is 0 Å². The average Bonchev–Trinajstić information content (AvgIpc) is 2.43. The van der Waals surface area contributed by atoms with E-state index in [9.17, 15) is 9.59 Å². The number of amides is 1. The van der Waals surface area contributed by atoms with Gasteiger partial charge in [0.2, 0.25) is 0 Å². The number of ether oxygens (including phenoxy) is 1. The molecule has 0 radical (unpaired) electrons. The molecule has 1 unspecified atom stereocenters. The maximum atomic E-state index is 12.2. The van der Waals surface area contributed by atoms with Gasteiger partial charge >= 0.3 is 12.1 Å². The first-order valence-electron chi connectivity index (χ1n) is 7.34. The van der Waals surface area contributed by atoms with Crippen molar-refractivity contribution in [3.8, 4) is 0 Å². The monoisotopic (exact) mass is 283 g/mol. The molecule has 1 fully saturated rings. The van der Waals surface area contributed by atoms with Crippen molar-refractivity contribution in [2.24, 2.45) is 0 Å². The van der Waals surface area contributed by atoms with E-state index in [0.717, 1.165) is 43.6 Å². The lowest BCUT2D eigenvalue weighted by Gasteiger charge is -2.31. The van der Waals surface area contributed by atoms with Gasteiger partial charge in [0.1, 0.15) is 6.10 Å². The smallest absolute Gasteiger partial charge is 0.443 e. The molecule has 1 amide bonds. The minimum atomic E-state index is -0.566. The van der Waals surface area contributed by atoms with E-state index in [1.807, 2.05) is 6.92 Å². The SMILES string of the molecule is C=CCCC(C)OC(=O)N(OC(C)=O)C1CCCCC1. The number of allylic oxidation sites excluding steroid dienone is 1. The van der Waals surface area contributed by atoms with Crippen molar-refractivity contribution < 1.29 is 19.2 Å². The first-order chi connectivity index (χ1) is 9.54. The van der Waals surface area contributed by atoms with Crippen LogP contribution in [0.1, 0.15) is 58.8 Å². The predicted octanol–water partition coefficient (Wildman–Crippen LogP) is 3.59. The van der Waals surface area contributed by atoms with Gasteiger partial charge in [0.15, 0.2) is 0 Å². The van der Waals surface area contributed by atoms with Crippen LogP contribution in [-0.2, 0) is 14.4 Å². The zero-order valence-corrected chi connectivity index (χ0v) is 12.5. The molecule has 0 heterocycles. The van der Waals surface area contributed by atoms with Gasteiger partial charge in [-0.2, -0.15) is 0 Å². The standard InChI is InChI=1S/C15H25NO4/c1-4-5-9-12(2)19-15(18)16(20-13(3)17)14-10-7-6-8-11-14/h4,12,14H,1,5-11H2,2-3H3. The van der Waals surface area contributed by atoms with E-state index in [-0.39, 0.29) is 12.1 Å². The summed E-state index contributed by atoms with van der Waals surface area (Å²) in [5.74, 6) is -0.494. The molecule has 0 aromatic carbocycles. The minimum Gasteiger partial charge on any atom is -0.444 e. The summed E-state index contributed by atoms with van der Waals surface area (Å²) in [6.45, 7) is 6.76. The highest BCUT2D eigenvalue weighted by Crippen LogP contribution is 2.24. The second-order valence-corrected chi connectivity index (χ2v) is 5.26. The van der Waals surface area contributed by atoms with Crippen LogP contribution in [0.25, 0.3) is 0 Å². The molecular formula is C15H25NO4. The summed E-state index contributed by atoms with van der Waals surface area (Å²) in [5, 5.41) is 1.13. The highest BCUT2D eigenvalue weighted by molar-refractivity contribution is 5.72. The molecule has 1 aliphatic rings. The van der Waals surface area contributed by atoms with E-state index in [4.69, 9.17) is 9.57 Å². The third kappa shape index (κ3) is 5.63. The van der Waals surface area contributed by atoms with Gasteiger partial charge in [-0.3, -0.25) is 4.79 Å². The number of hydrogen-bond donors (Lipinski definition) is 0. The molecule has 0 bridgehead atoms. The second kappa shape index (κ2) is 8.61. The molecule has 0 aliphatic heterocycles. The summed E-state index contributed by atoms with van der Waals surface area (Å²) in [7, 11) is 0. The summed E-state index contributed by atoms with van der Waals surface area (Å²) in [6, 6.07) is -0.0632. The lowest BCUT2D eigenvalue weighted by molar-refractivity contribution is -0.191. The van der Waals surface area contributed by atoms with Crippen molar-refractivity contribution in [1.82, 2.24) is 5.06 Å². The summed E-state index contributed by atoms with van der Waals surface area (Å²) in [4.78, 5) is 28.4. The first kappa shape index (κ1) is 16.5. The summed E-state index contributed by atoms with van der Waals surface area (Å²) >= 11 is 0. The van der Waals surface area contributed by atoms with E-state index in [0.29, 0.717) is 6.42 Å². The molecule has 1 aliphatic carbocycles. The van der Waals surface area contributed by atoms with E-state index in [2.05, 4.69) is 6.58 Å². The molecule has 0 aromatic heterocycles. The third-order valence-electron chi connectivity index (χ3n) is 3.39. The topological polar surface area (TPSA) is 55.8 Å². The Morgan fingerprint density at radius 1 is 1.35 bits per heavy atom.